The molecule has 0 bridgehead atoms. The number of thioether (sulfide) groups is 1. The van der Waals surface area contributed by atoms with Gasteiger partial charge in [0.2, 0.25) is 5.13 Å². The van der Waals surface area contributed by atoms with Crippen LogP contribution in [0.5, 0.6) is 5.75 Å². The normalized spacial score (nSPS) is 16.4. The Kier molecular flexibility index (Phi) is 9.02. The Bertz CT molecular complexity index is 1590. The van der Waals surface area contributed by atoms with E-state index in [0.717, 1.165) is 29.7 Å². The van der Waals surface area contributed by atoms with Crippen LogP contribution >= 0.6 is 34.7 Å². The fourth-order valence-corrected chi connectivity index (χ4v) is 6.25. The van der Waals surface area contributed by atoms with E-state index < -0.39 is 23.5 Å². The van der Waals surface area contributed by atoms with Gasteiger partial charge in [-0.05, 0) is 66.1 Å². The second-order valence-corrected chi connectivity index (χ2v) is 11.8. The number of amides is 1. The van der Waals surface area contributed by atoms with Gasteiger partial charge in [-0.1, -0.05) is 72.3 Å². The molecule has 1 unspecified atom stereocenters. The lowest BCUT2D eigenvalue weighted by Crippen LogP contribution is -2.29. The summed E-state index contributed by atoms with van der Waals surface area (Å²) < 4.78 is 20.6. The second kappa shape index (κ2) is 12.8. The van der Waals surface area contributed by atoms with Crippen LogP contribution in [0.15, 0.2) is 82.7 Å². The molecule has 11 heteroatoms. The lowest BCUT2D eigenvalue weighted by atomic mass is 9.95. The highest BCUT2D eigenvalue weighted by Crippen LogP contribution is 2.44. The Morgan fingerprint density at radius 2 is 1.85 bits per heavy atom. The van der Waals surface area contributed by atoms with E-state index in [-0.39, 0.29) is 16.5 Å². The number of rotatable bonds is 10. The van der Waals surface area contributed by atoms with Crippen LogP contribution in [0.2, 0.25) is 5.02 Å². The van der Waals surface area contributed by atoms with E-state index in [4.69, 9.17) is 16.3 Å². The number of hydrogen-bond donors (Lipinski definition) is 1. The molecule has 0 spiro atoms. The number of unbranched alkanes of at least 4 members (excludes halogenated alkanes) is 1. The number of aromatic nitrogens is 2. The van der Waals surface area contributed by atoms with Gasteiger partial charge in [0, 0.05) is 16.3 Å². The van der Waals surface area contributed by atoms with Gasteiger partial charge < -0.3 is 9.84 Å². The highest BCUT2D eigenvalue weighted by atomic mass is 35.5. The molecule has 1 aliphatic heterocycles. The van der Waals surface area contributed by atoms with Crippen molar-refractivity contribution in [3.63, 3.8) is 0 Å². The first-order chi connectivity index (χ1) is 19.9. The zero-order valence-corrected chi connectivity index (χ0v) is 24.3. The molecule has 5 rings (SSSR count). The van der Waals surface area contributed by atoms with Gasteiger partial charge in [0.1, 0.15) is 17.3 Å². The summed E-state index contributed by atoms with van der Waals surface area (Å²) in [5.74, 6) is -1.48. The SMILES string of the molecule is CCCCOc1ccc(/C(O)=C2/C(=O)C(=O)N(c3nnc(SCc4ccc(Cl)cc4)s3)C2c2cccc(F)c2)cc1. The Labute approximate surface area is 249 Å². The molecule has 0 aliphatic carbocycles. The number of ketones is 1. The molecule has 0 saturated carbocycles. The lowest BCUT2D eigenvalue weighted by Gasteiger charge is -2.22. The minimum absolute atomic E-state index is 0.161. The first kappa shape index (κ1) is 28.8. The Morgan fingerprint density at radius 1 is 1.10 bits per heavy atom. The molecule has 2 heterocycles. The molecule has 1 fully saturated rings. The molecule has 1 saturated heterocycles. The fourth-order valence-electron chi connectivity index (χ4n) is 4.30. The maximum Gasteiger partial charge on any atom is 0.301 e. The molecule has 1 aliphatic rings. The minimum Gasteiger partial charge on any atom is -0.507 e. The predicted molar refractivity (Wildman–Crippen MR) is 159 cm³/mol. The van der Waals surface area contributed by atoms with Crippen LogP contribution in [0.4, 0.5) is 9.52 Å². The Hall–Kier alpha value is -3.73. The summed E-state index contributed by atoms with van der Waals surface area (Å²) in [7, 11) is 0. The summed E-state index contributed by atoms with van der Waals surface area (Å²) >= 11 is 8.52. The third-order valence-corrected chi connectivity index (χ3v) is 8.76. The molecule has 0 radical (unpaired) electrons. The van der Waals surface area contributed by atoms with Gasteiger partial charge in [-0.2, -0.15) is 0 Å². The number of Topliss-reactive ketones (excluding diaryl/α,β-unsaturated/α-hetero) is 1. The summed E-state index contributed by atoms with van der Waals surface area (Å²) in [5, 5.41) is 20.5. The van der Waals surface area contributed by atoms with Crippen LogP contribution in [0.1, 0.15) is 42.5 Å². The number of aliphatic hydroxyl groups excluding tert-OH is 1. The lowest BCUT2D eigenvalue weighted by molar-refractivity contribution is -0.132. The molecule has 41 heavy (non-hydrogen) atoms. The standard InChI is InChI=1S/C30H25ClFN3O4S2/c1-2-3-15-39-23-13-9-19(10-14-23)26(36)24-25(20-5-4-6-22(32)16-20)35(28(38)27(24)37)29-33-34-30(41-29)40-17-18-7-11-21(31)12-8-18/h4-14,16,25,36H,2-3,15,17H2,1H3/b26-24-. The quantitative estimate of drug-likeness (QED) is 0.0499. The predicted octanol–water partition coefficient (Wildman–Crippen LogP) is 7.43. The van der Waals surface area contributed by atoms with Crippen molar-refractivity contribution < 1.29 is 23.8 Å². The number of ether oxygens (including phenoxy) is 1. The van der Waals surface area contributed by atoms with Crippen molar-refractivity contribution in [2.24, 2.45) is 0 Å². The summed E-state index contributed by atoms with van der Waals surface area (Å²) in [6.45, 7) is 2.63. The van der Waals surface area contributed by atoms with Crippen molar-refractivity contribution in [3.05, 3.63) is 106 Å². The van der Waals surface area contributed by atoms with Gasteiger partial charge in [-0.15, -0.1) is 10.2 Å². The minimum atomic E-state index is -1.10. The van der Waals surface area contributed by atoms with Crippen LogP contribution in [0, 0.1) is 5.82 Å². The van der Waals surface area contributed by atoms with E-state index in [1.54, 1.807) is 42.5 Å². The van der Waals surface area contributed by atoms with Crippen molar-refractivity contribution in [3.8, 4) is 5.75 Å². The third-order valence-electron chi connectivity index (χ3n) is 6.38. The van der Waals surface area contributed by atoms with Gasteiger partial charge >= 0.3 is 5.91 Å². The average molecular weight is 610 g/mol. The molecular weight excluding hydrogens is 585 g/mol. The molecule has 1 atom stereocenters. The van der Waals surface area contributed by atoms with Crippen LogP contribution in [-0.4, -0.2) is 33.6 Å². The number of nitrogens with zero attached hydrogens (tertiary/aromatic N) is 3. The van der Waals surface area contributed by atoms with Crippen molar-refractivity contribution >= 4 is 57.3 Å². The first-order valence-electron chi connectivity index (χ1n) is 12.9. The number of hydrogen-bond acceptors (Lipinski definition) is 8. The molecule has 3 aromatic carbocycles. The number of halogens is 2. The van der Waals surface area contributed by atoms with E-state index in [2.05, 4.69) is 17.1 Å². The van der Waals surface area contributed by atoms with E-state index in [1.165, 1.54) is 34.9 Å². The smallest absolute Gasteiger partial charge is 0.301 e. The van der Waals surface area contributed by atoms with E-state index in [1.807, 2.05) is 12.1 Å². The molecule has 4 aromatic rings. The van der Waals surface area contributed by atoms with Crippen LogP contribution < -0.4 is 9.64 Å². The average Bonchev–Trinajstić information content (AvgIpc) is 3.55. The summed E-state index contributed by atoms with van der Waals surface area (Å²) in [4.78, 5) is 27.9. The largest absolute Gasteiger partial charge is 0.507 e. The van der Waals surface area contributed by atoms with E-state index in [9.17, 15) is 19.1 Å². The number of benzene rings is 3. The van der Waals surface area contributed by atoms with Crippen molar-refractivity contribution in [1.82, 2.24) is 10.2 Å². The van der Waals surface area contributed by atoms with E-state index in [0.29, 0.717) is 38.6 Å². The molecule has 7 nitrogen and oxygen atoms in total. The number of anilines is 1. The monoisotopic (exact) mass is 609 g/mol. The van der Waals surface area contributed by atoms with Crippen molar-refractivity contribution in [2.75, 3.05) is 11.5 Å². The van der Waals surface area contributed by atoms with Gasteiger partial charge in [-0.25, -0.2) is 4.39 Å². The topological polar surface area (TPSA) is 92.6 Å². The van der Waals surface area contributed by atoms with Gasteiger partial charge in [-0.3, -0.25) is 14.5 Å². The molecule has 210 valence electrons. The van der Waals surface area contributed by atoms with E-state index >= 15 is 0 Å². The Balaban J connectivity index is 1.48. The van der Waals surface area contributed by atoms with Gasteiger partial charge in [0.25, 0.3) is 5.78 Å². The van der Waals surface area contributed by atoms with Crippen molar-refractivity contribution in [2.45, 2.75) is 35.9 Å². The highest BCUT2D eigenvalue weighted by molar-refractivity contribution is 8.00. The van der Waals surface area contributed by atoms with Crippen LogP contribution in [0.25, 0.3) is 5.76 Å². The number of carbonyl (C=O) groups excluding carboxylic acids is 2. The first-order valence-corrected chi connectivity index (χ1v) is 15.0. The second-order valence-electron chi connectivity index (χ2n) is 9.22. The Morgan fingerprint density at radius 3 is 2.56 bits per heavy atom. The summed E-state index contributed by atoms with van der Waals surface area (Å²) in [5.41, 5.74) is 1.50. The maximum atomic E-state index is 14.3. The zero-order chi connectivity index (χ0) is 28.9. The molecule has 1 amide bonds. The third kappa shape index (κ3) is 6.45. The van der Waals surface area contributed by atoms with Crippen LogP contribution in [-0.2, 0) is 15.3 Å². The number of aliphatic hydroxyl groups is 1. The molecule has 1 N–H and O–H groups in total. The number of carbonyl (C=O) groups is 2. The fraction of sp³-hybridized carbons (Fsp3) is 0.200. The zero-order valence-electron chi connectivity index (χ0n) is 21.9. The maximum absolute atomic E-state index is 14.3. The van der Waals surface area contributed by atoms with Gasteiger partial charge in [0.05, 0.1) is 18.2 Å². The van der Waals surface area contributed by atoms with Crippen LogP contribution in [0.3, 0.4) is 0 Å². The highest BCUT2D eigenvalue weighted by Gasteiger charge is 2.48. The summed E-state index contributed by atoms with van der Waals surface area (Å²) in [6, 6.07) is 18.5. The van der Waals surface area contributed by atoms with Gasteiger partial charge in [0.15, 0.2) is 4.34 Å². The molecular formula is C30H25ClFN3O4S2. The van der Waals surface area contributed by atoms with Crippen molar-refractivity contribution in [1.29, 1.82) is 0 Å². The summed E-state index contributed by atoms with van der Waals surface area (Å²) in [6.07, 6.45) is 1.90. The molecule has 1 aromatic heterocycles.